The number of ether oxygens (including phenoxy) is 1. The van der Waals surface area contributed by atoms with Gasteiger partial charge in [-0.3, -0.25) is 9.78 Å². The predicted molar refractivity (Wildman–Crippen MR) is 135 cm³/mol. The van der Waals surface area contributed by atoms with E-state index in [2.05, 4.69) is 28.3 Å². The van der Waals surface area contributed by atoms with Gasteiger partial charge in [-0.1, -0.05) is 6.92 Å². The number of fused-ring (bicyclic) bond motifs is 2. The molecule has 0 saturated heterocycles. The summed E-state index contributed by atoms with van der Waals surface area (Å²) in [6.45, 7) is 3.19. The van der Waals surface area contributed by atoms with Gasteiger partial charge < -0.3 is 15.0 Å². The molecule has 1 aliphatic rings. The van der Waals surface area contributed by atoms with Crippen molar-refractivity contribution in [3.63, 3.8) is 0 Å². The number of carbonyl (C=O) groups excluding carboxylic acids is 1. The van der Waals surface area contributed by atoms with Gasteiger partial charge in [-0.05, 0) is 85.5 Å². The second-order valence-corrected chi connectivity index (χ2v) is 9.56. The first-order valence-electron chi connectivity index (χ1n) is 12.3. The zero-order valence-corrected chi connectivity index (χ0v) is 20.2. The van der Waals surface area contributed by atoms with Crippen LogP contribution in [0.15, 0.2) is 48.7 Å². The monoisotopic (exact) mass is 474 g/mol. The molecule has 2 heterocycles. The number of H-pyrrole nitrogens is 1. The van der Waals surface area contributed by atoms with Gasteiger partial charge in [0.1, 0.15) is 11.6 Å². The highest BCUT2D eigenvalue weighted by molar-refractivity contribution is 5.97. The predicted octanol–water partition coefficient (Wildman–Crippen LogP) is 5.70. The van der Waals surface area contributed by atoms with Gasteiger partial charge in [-0.25, -0.2) is 9.37 Å². The summed E-state index contributed by atoms with van der Waals surface area (Å²) in [6, 6.07) is 12.5. The van der Waals surface area contributed by atoms with Crippen LogP contribution in [-0.2, 0) is 4.74 Å². The highest BCUT2D eigenvalue weighted by Crippen LogP contribution is 2.43. The number of rotatable bonds is 7. The fourth-order valence-electron chi connectivity index (χ4n) is 5.40. The molecule has 6 nitrogen and oxygen atoms in total. The number of aromatic amines is 1. The molecule has 1 amide bonds. The van der Waals surface area contributed by atoms with Crippen LogP contribution in [0.2, 0.25) is 0 Å². The van der Waals surface area contributed by atoms with Crippen LogP contribution in [-0.4, -0.2) is 41.1 Å². The van der Waals surface area contributed by atoms with Gasteiger partial charge in [0.2, 0.25) is 0 Å². The quantitative estimate of drug-likeness (QED) is 0.337. The van der Waals surface area contributed by atoms with Crippen molar-refractivity contribution in [2.45, 2.75) is 44.4 Å². The Labute approximate surface area is 204 Å². The molecule has 0 unspecified atom stereocenters. The Bertz CT molecular complexity index is 1340. The molecule has 0 spiro atoms. The van der Waals surface area contributed by atoms with Crippen LogP contribution in [0.4, 0.5) is 4.39 Å². The minimum absolute atomic E-state index is 0.116. The number of carbonyl (C=O) groups is 1. The van der Waals surface area contributed by atoms with Crippen molar-refractivity contribution in [2.24, 2.45) is 5.92 Å². The van der Waals surface area contributed by atoms with E-state index < -0.39 is 0 Å². The summed E-state index contributed by atoms with van der Waals surface area (Å²) in [5, 5.41) is 3.79. The van der Waals surface area contributed by atoms with E-state index >= 15 is 0 Å². The van der Waals surface area contributed by atoms with Crippen LogP contribution < -0.4 is 5.32 Å². The van der Waals surface area contributed by atoms with Crippen molar-refractivity contribution >= 4 is 27.8 Å². The fraction of sp³-hybridized carbons (Fsp3) is 0.393. The third-order valence-electron chi connectivity index (χ3n) is 7.44. The molecule has 2 aromatic carbocycles. The minimum atomic E-state index is -0.213. The molecule has 4 aromatic rings. The molecule has 2 N–H and O–H groups in total. The Morgan fingerprint density at radius 1 is 1.14 bits per heavy atom. The number of aromatic nitrogens is 3. The summed E-state index contributed by atoms with van der Waals surface area (Å²) in [5.41, 5.74) is 4.43. The van der Waals surface area contributed by atoms with Crippen molar-refractivity contribution in [3.8, 4) is 0 Å². The molecule has 0 radical (unpaired) electrons. The van der Waals surface area contributed by atoms with E-state index in [9.17, 15) is 9.18 Å². The number of nitrogens with one attached hydrogen (secondary N) is 2. The minimum Gasteiger partial charge on any atom is -0.383 e. The van der Waals surface area contributed by atoms with Crippen LogP contribution >= 0.6 is 0 Å². The van der Waals surface area contributed by atoms with Gasteiger partial charge in [0.15, 0.2) is 0 Å². The first-order valence-corrected chi connectivity index (χ1v) is 12.3. The number of methoxy groups -OCH3 is 1. The van der Waals surface area contributed by atoms with E-state index in [1.54, 1.807) is 19.2 Å². The highest BCUT2D eigenvalue weighted by atomic mass is 19.1. The lowest BCUT2D eigenvalue weighted by atomic mass is 9.73. The molecule has 0 aliphatic heterocycles. The van der Waals surface area contributed by atoms with Crippen molar-refractivity contribution in [3.05, 3.63) is 71.4 Å². The van der Waals surface area contributed by atoms with E-state index in [0.29, 0.717) is 30.6 Å². The van der Waals surface area contributed by atoms with E-state index in [0.717, 1.165) is 53.4 Å². The van der Waals surface area contributed by atoms with E-state index in [4.69, 9.17) is 9.72 Å². The van der Waals surface area contributed by atoms with Crippen molar-refractivity contribution in [2.75, 3.05) is 20.3 Å². The normalized spacial score (nSPS) is 19.2. The molecule has 5 rings (SSSR count). The summed E-state index contributed by atoms with van der Waals surface area (Å²) in [6.07, 6.45) is 6.16. The van der Waals surface area contributed by atoms with Gasteiger partial charge in [0.25, 0.3) is 5.91 Å². The number of amides is 1. The molecule has 182 valence electrons. The zero-order chi connectivity index (χ0) is 24.4. The largest absolute Gasteiger partial charge is 0.383 e. The second-order valence-electron chi connectivity index (χ2n) is 9.56. The van der Waals surface area contributed by atoms with Crippen molar-refractivity contribution < 1.29 is 13.9 Å². The second kappa shape index (κ2) is 10.1. The lowest BCUT2D eigenvalue weighted by Gasteiger charge is -2.32. The summed E-state index contributed by atoms with van der Waals surface area (Å²) < 4.78 is 18.9. The Morgan fingerprint density at radius 2 is 1.94 bits per heavy atom. The first kappa shape index (κ1) is 23.4. The average molecular weight is 475 g/mol. The molecular weight excluding hydrogens is 443 g/mol. The number of pyridine rings is 1. The summed E-state index contributed by atoms with van der Waals surface area (Å²) >= 11 is 0. The Balaban J connectivity index is 1.27. The molecule has 7 heteroatoms. The van der Waals surface area contributed by atoms with E-state index in [-0.39, 0.29) is 17.6 Å². The maximum atomic E-state index is 13.9. The Kier molecular flexibility index (Phi) is 6.77. The molecule has 35 heavy (non-hydrogen) atoms. The van der Waals surface area contributed by atoms with Crippen molar-refractivity contribution in [1.29, 1.82) is 0 Å². The SMILES string of the molecule is COCCNC(=O)c1ccc2nc([C@H](C)[C@H]3CC[C@@H](c4ccnc5ccc(F)cc54)CC3)[nH]c2c1. The third-order valence-corrected chi connectivity index (χ3v) is 7.44. The van der Waals surface area contributed by atoms with Crippen LogP contribution in [0, 0.1) is 11.7 Å². The molecule has 1 saturated carbocycles. The molecule has 1 atom stereocenters. The number of imidazole rings is 1. The standard InChI is InChI=1S/C28H31FN4O2/c1-17(27-32-25-9-7-20(15-26(25)33-27)28(34)31-13-14-35-2)18-3-5-19(6-4-18)22-11-12-30-24-10-8-21(29)16-23(22)24/h7-12,15-19H,3-6,13-14H2,1-2H3,(H,31,34)(H,32,33)/t17-,18-,19+/m1/s1. The van der Waals surface area contributed by atoms with Gasteiger partial charge in [0.05, 0.1) is 23.2 Å². The van der Waals surface area contributed by atoms with Gasteiger partial charge in [-0.2, -0.15) is 0 Å². The Hall–Kier alpha value is -3.32. The van der Waals surface area contributed by atoms with Gasteiger partial charge in [-0.15, -0.1) is 0 Å². The molecule has 0 bridgehead atoms. The first-order chi connectivity index (χ1) is 17.0. The number of benzene rings is 2. The summed E-state index contributed by atoms with van der Waals surface area (Å²) in [5.74, 6) is 1.87. The van der Waals surface area contributed by atoms with E-state index in [1.807, 2.05) is 24.4 Å². The number of nitrogens with zero attached hydrogens (tertiary/aromatic N) is 2. The van der Waals surface area contributed by atoms with Crippen LogP contribution in [0.1, 0.15) is 66.2 Å². The molecule has 1 aliphatic carbocycles. The maximum absolute atomic E-state index is 13.9. The third kappa shape index (κ3) is 4.91. The van der Waals surface area contributed by atoms with Gasteiger partial charge in [0, 0.05) is 36.7 Å². The van der Waals surface area contributed by atoms with Crippen LogP contribution in [0.5, 0.6) is 0 Å². The number of hydrogen-bond acceptors (Lipinski definition) is 4. The highest BCUT2D eigenvalue weighted by Gasteiger charge is 2.29. The lowest BCUT2D eigenvalue weighted by Crippen LogP contribution is -2.26. The zero-order valence-electron chi connectivity index (χ0n) is 20.2. The topological polar surface area (TPSA) is 79.9 Å². The van der Waals surface area contributed by atoms with Crippen molar-refractivity contribution in [1.82, 2.24) is 20.3 Å². The molecule has 1 fully saturated rings. The summed E-state index contributed by atoms with van der Waals surface area (Å²) in [7, 11) is 1.61. The number of halogens is 1. The molecule has 2 aromatic heterocycles. The maximum Gasteiger partial charge on any atom is 0.251 e. The smallest absolute Gasteiger partial charge is 0.251 e. The average Bonchev–Trinajstić information content (AvgIpc) is 3.31. The lowest BCUT2D eigenvalue weighted by molar-refractivity contribution is 0.0937. The van der Waals surface area contributed by atoms with E-state index in [1.165, 1.54) is 11.6 Å². The fourth-order valence-corrected chi connectivity index (χ4v) is 5.40. The van der Waals surface area contributed by atoms with Gasteiger partial charge >= 0.3 is 0 Å². The summed E-state index contributed by atoms with van der Waals surface area (Å²) in [4.78, 5) is 25.1. The number of hydrogen-bond donors (Lipinski definition) is 2. The van der Waals surface area contributed by atoms with Crippen LogP contribution in [0.25, 0.3) is 21.9 Å². The molecular formula is C28H31FN4O2. The Morgan fingerprint density at radius 3 is 2.74 bits per heavy atom. The van der Waals surface area contributed by atoms with Crippen LogP contribution in [0.3, 0.4) is 0 Å².